The highest BCUT2D eigenvalue weighted by Crippen LogP contribution is 2.19. The van der Waals surface area contributed by atoms with Gasteiger partial charge in [-0.05, 0) is 31.2 Å². The predicted molar refractivity (Wildman–Crippen MR) is 65.9 cm³/mol. The minimum Gasteiger partial charge on any atom is -0.369 e. The van der Waals surface area contributed by atoms with Crippen LogP contribution >= 0.6 is 0 Å². The zero-order chi connectivity index (χ0) is 12.5. The number of nitrogens with one attached hydrogen (secondary N) is 1. The lowest BCUT2D eigenvalue weighted by Gasteiger charge is -2.33. The van der Waals surface area contributed by atoms with Crippen molar-refractivity contribution < 1.29 is 13.0 Å². The van der Waals surface area contributed by atoms with E-state index in [0.29, 0.717) is 6.04 Å². The summed E-state index contributed by atoms with van der Waals surface area (Å²) < 4.78 is 30.7. The van der Waals surface area contributed by atoms with Crippen LogP contribution in [0.4, 0.5) is 5.69 Å². The van der Waals surface area contributed by atoms with E-state index in [1.807, 2.05) is 0 Å². The van der Waals surface area contributed by atoms with Crippen molar-refractivity contribution in [2.75, 3.05) is 24.5 Å². The largest absolute Gasteiger partial charge is 0.369 e. The molecule has 0 spiro atoms. The molecule has 1 atom stereocenters. The molecule has 5 nitrogen and oxygen atoms in total. The van der Waals surface area contributed by atoms with E-state index in [0.717, 1.165) is 25.3 Å². The van der Waals surface area contributed by atoms with Crippen LogP contribution in [0.1, 0.15) is 6.92 Å². The maximum Gasteiger partial charge on any atom is 0.294 e. The van der Waals surface area contributed by atoms with E-state index in [1.54, 1.807) is 12.1 Å². The standard InChI is InChI=1S/C11H16N2O3S/c1-9-8-13(7-6-12-9)10-2-4-11(5-3-10)17(14,15)16/h2-5,9,12H,6-8H2,1H3,(H,14,15,16). The van der Waals surface area contributed by atoms with Gasteiger partial charge >= 0.3 is 0 Å². The Morgan fingerprint density at radius 3 is 2.53 bits per heavy atom. The van der Waals surface area contributed by atoms with Gasteiger partial charge in [-0.3, -0.25) is 4.55 Å². The molecule has 0 aromatic heterocycles. The van der Waals surface area contributed by atoms with Crippen molar-refractivity contribution in [3.05, 3.63) is 24.3 Å². The zero-order valence-electron chi connectivity index (χ0n) is 9.63. The van der Waals surface area contributed by atoms with Crippen LogP contribution in [0.15, 0.2) is 29.2 Å². The predicted octanol–water partition coefficient (Wildman–Crippen LogP) is 0.731. The second-order valence-corrected chi connectivity index (χ2v) is 5.69. The third-order valence-corrected chi connectivity index (χ3v) is 3.74. The van der Waals surface area contributed by atoms with Crippen molar-refractivity contribution in [3.63, 3.8) is 0 Å². The van der Waals surface area contributed by atoms with Crippen LogP contribution in [0.5, 0.6) is 0 Å². The van der Waals surface area contributed by atoms with Crippen molar-refractivity contribution in [3.8, 4) is 0 Å². The smallest absolute Gasteiger partial charge is 0.294 e. The number of hydrogen-bond donors (Lipinski definition) is 2. The molecule has 0 saturated carbocycles. The van der Waals surface area contributed by atoms with Crippen molar-refractivity contribution in [2.24, 2.45) is 0 Å². The summed E-state index contributed by atoms with van der Waals surface area (Å²) in [5, 5.41) is 3.34. The van der Waals surface area contributed by atoms with E-state index >= 15 is 0 Å². The lowest BCUT2D eigenvalue weighted by atomic mass is 10.2. The van der Waals surface area contributed by atoms with Gasteiger partial charge in [-0.25, -0.2) is 0 Å². The molecule has 1 saturated heterocycles. The van der Waals surface area contributed by atoms with Crippen LogP contribution in [0.3, 0.4) is 0 Å². The van der Waals surface area contributed by atoms with Gasteiger partial charge in [0, 0.05) is 31.4 Å². The zero-order valence-corrected chi connectivity index (χ0v) is 10.4. The van der Waals surface area contributed by atoms with E-state index in [-0.39, 0.29) is 4.90 Å². The van der Waals surface area contributed by atoms with E-state index in [4.69, 9.17) is 4.55 Å². The molecule has 1 aromatic rings. The lowest BCUT2D eigenvalue weighted by Crippen LogP contribution is -2.49. The molecule has 2 rings (SSSR count). The van der Waals surface area contributed by atoms with E-state index in [2.05, 4.69) is 17.1 Å². The number of rotatable bonds is 2. The Hall–Kier alpha value is -1.11. The molecular formula is C11H16N2O3S. The molecule has 1 fully saturated rings. The summed E-state index contributed by atoms with van der Waals surface area (Å²) in [7, 11) is -4.09. The van der Waals surface area contributed by atoms with Gasteiger partial charge in [-0.2, -0.15) is 8.42 Å². The van der Waals surface area contributed by atoms with Crippen molar-refractivity contribution in [1.29, 1.82) is 0 Å². The quantitative estimate of drug-likeness (QED) is 0.763. The molecule has 1 aromatic carbocycles. The molecule has 1 unspecified atom stereocenters. The van der Waals surface area contributed by atoms with Gasteiger partial charge in [-0.15, -0.1) is 0 Å². The van der Waals surface area contributed by atoms with Crippen LogP contribution in [-0.2, 0) is 10.1 Å². The number of nitrogens with zero attached hydrogens (tertiary/aromatic N) is 1. The monoisotopic (exact) mass is 256 g/mol. The summed E-state index contributed by atoms with van der Waals surface area (Å²) in [5.41, 5.74) is 0.978. The van der Waals surface area contributed by atoms with Crippen LogP contribution in [0, 0.1) is 0 Å². The van der Waals surface area contributed by atoms with Crippen molar-refractivity contribution in [1.82, 2.24) is 5.32 Å². The third-order valence-electron chi connectivity index (χ3n) is 2.87. The average Bonchev–Trinajstić information content (AvgIpc) is 2.28. The van der Waals surface area contributed by atoms with E-state index in [1.165, 1.54) is 12.1 Å². The highest BCUT2D eigenvalue weighted by molar-refractivity contribution is 7.85. The molecule has 6 heteroatoms. The molecule has 1 heterocycles. The van der Waals surface area contributed by atoms with Gasteiger partial charge in [-0.1, -0.05) is 0 Å². The van der Waals surface area contributed by atoms with Crippen LogP contribution in [0.25, 0.3) is 0 Å². The highest BCUT2D eigenvalue weighted by Gasteiger charge is 2.16. The molecule has 1 aliphatic rings. The Balaban J connectivity index is 2.18. The molecule has 1 aliphatic heterocycles. The Labute approximate surface area is 101 Å². The number of anilines is 1. The summed E-state index contributed by atoms with van der Waals surface area (Å²) in [5.74, 6) is 0. The Morgan fingerprint density at radius 2 is 2.00 bits per heavy atom. The first kappa shape index (κ1) is 12.3. The Morgan fingerprint density at radius 1 is 1.35 bits per heavy atom. The Kier molecular flexibility index (Phi) is 3.37. The fourth-order valence-corrected chi connectivity index (χ4v) is 2.48. The minimum absolute atomic E-state index is 0.0653. The van der Waals surface area contributed by atoms with Crippen molar-refractivity contribution in [2.45, 2.75) is 17.9 Å². The van der Waals surface area contributed by atoms with Gasteiger partial charge in [0.25, 0.3) is 10.1 Å². The molecule has 94 valence electrons. The van der Waals surface area contributed by atoms with Crippen LogP contribution in [-0.4, -0.2) is 38.6 Å². The van der Waals surface area contributed by atoms with Gasteiger partial charge in [0.2, 0.25) is 0 Å². The summed E-state index contributed by atoms with van der Waals surface area (Å²) in [6, 6.07) is 6.72. The molecule has 2 N–H and O–H groups in total. The first-order valence-electron chi connectivity index (χ1n) is 5.53. The van der Waals surface area contributed by atoms with Gasteiger partial charge in [0.05, 0.1) is 4.90 Å². The van der Waals surface area contributed by atoms with E-state index < -0.39 is 10.1 Å². The topological polar surface area (TPSA) is 69.6 Å². The highest BCUT2D eigenvalue weighted by atomic mass is 32.2. The maximum absolute atomic E-state index is 10.9. The molecule has 0 bridgehead atoms. The fourth-order valence-electron chi connectivity index (χ4n) is 2.00. The van der Waals surface area contributed by atoms with Crippen LogP contribution < -0.4 is 10.2 Å². The lowest BCUT2D eigenvalue weighted by molar-refractivity contribution is 0.481. The summed E-state index contributed by atoms with van der Waals surface area (Å²) >= 11 is 0. The SMILES string of the molecule is CC1CN(c2ccc(S(=O)(=O)O)cc2)CCN1. The normalized spacial score (nSPS) is 21.5. The molecule has 0 amide bonds. The van der Waals surface area contributed by atoms with Gasteiger partial charge < -0.3 is 10.2 Å². The molecule has 0 aliphatic carbocycles. The van der Waals surface area contributed by atoms with Gasteiger partial charge in [0.1, 0.15) is 0 Å². The fraction of sp³-hybridized carbons (Fsp3) is 0.455. The number of piperazine rings is 1. The molecular weight excluding hydrogens is 240 g/mol. The molecule has 0 radical (unpaired) electrons. The minimum atomic E-state index is -4.09. The van der Waals surface area contributed by atoms with Crippen LogP contribution in [0.2, 0.25) is 0 Å². The van der Waals surface area contributed by atoms with Crippen molar-refractivity contribution >= 4 is 15.8 Å². The second kappa shape index (κ2) is 4.64. The average molecular weight is 256 g/mol. The second-order valence-electron chi connectivity index (χ2n) is 4.27. The summed E-state index contributed by atoms with van der Waals surface area (Å²) in [6.45, 7) is 4.82. The number of hydrogen-bond acceptors (Lipinski definition) is 4. The first-order chi connectivity index (χ1) is 7.97. The first-order valence-corrected chi connectivity index (χ1v) is 6.97. The summed E-state index contributed by atoms with van der Waals surface area (Å²) in [6.07, 6.45) is 0. The van der Waals surface area contributed by atoms with E-state index in [9.17, 15) is 8.42 Å². The number of benzene rings is 1. The third kappa shape index (κ3) is 2.96. The molecule has 17 heavy (non-hydrogen) atoms. The van der Waals surface area contributed by atoms with Gasteiger partial charge in [0.15, 0.2) is 0 Å². The maximum atomic E-state index is 10.9. The summed E-state index contributed by atoms with van der Waals surface area (Å²) in [4.78, 5) is 2.12. The Bertz CT molecular complexity index is 484.